The highest BCUT2D eigenvalue weighted by Crippen LogP contribution is 2.21. The number of nitrogens with zero attached hydrogens (tertiary/aromatic N) is 1. The Morgan fingerprint density at radius 1 is 1.19 bits per heavy atom. The van der Waals surface area contributed by atoms with E-state index < -0.39 is 10.8 Å². The number of amides is 1. The molecule has 1 amide bonds. The molecule has 2 aromatic rings. The fourth-order valence-electron chi connectivity index (χ4n) is 2.13. The number of nitro benzene ring substituents is 1. The van der Waals surface area contributed by atoms with Gasteiger partial charge >= 0.3 is 0 Å². The summed E-state index contributed by atoms with van der Waals surface area (Å²) < 4.78 is 10.3. The lowest BCUT2D eigenvalue weighted by Gasteiger charge is -2.12. The quantitative estimate of drug-likeness (QED) is 0.325. The summed E-state index contributed by atoms with van der Waals surface area (Å²) in [6.07, 6.45) is 0. The third-order valence-corrected chi connectivity index (χ3v) is 3.78. The second-order valence-corrected chi connectivity index (χ2v) is 5.94. The molecule has 0 aliphatic carbocycles. The molecule has 2 N–H and O–H groups in total. The summed E-state index contributed by atoms with van der Waals surface area (Å²) in [5, 5.41) is 16.3. The van der Waals surface area contributed by atoms with Gasteiger partial charge in [-0.2, -0.15) is 0 Å². The molecular weight excluding hydrogens is 370 g/mol. The number of carbonyl (C=O) groups excluding carboxylic acids is 1. The molecule has 0 aliphatic heterocycles. The molecule has 0 radical (unpaired) electrons. The van der Waals surface area contributed by atoms with Crippen molar-refractivity contribution in [2.45, 2.75) is 6.92 Å². The van der Waals surface area contributed by atoms with Gasteiger partial charge in [0, 0.05) is 30.5 Å². The largest absolute Gasteiger partial charge is 0.491 e. The van der Waals surface area contributed by atoms with Crippen LogP contribution in [0.5, 0.6) is 5.75 Å². The van der Waals surface area contributed by atoms with Gasteiger partial charge in [-0.1, -0.05) is 6.07 Å². The Bertz CT molecular complexity index is 839. The number of carbonyl (C=O) groups is 1. The number of aryl methyl sites for hydroxylation is 1. The first-order chi connectivity index (χ1) is 12.9. The van der Waals surface area contributed by atoms with Gasteiger partial charge in [-0.25, -0.2) is 0 Å². The van der Waals surface area contributed by atoms with Crippen molar-refractivity contribution >= 4 is 34.6 Å². The van der Waals surface area contributed by atoms with E-state index in [2.05, 4.69) is 10.6 Å². The number of methoxy groups -OCH3 is 1. The molecule has 2 rings (SSSR count). The maximum absolute atomic E-state index is 12.3. The summed E-state index contributed by atoms with van der Waals surface area (Å²) in [5.41, 5.74) is 1.54. The zero-order chi connectivity index (χ0) is 19.8. The van der Waals surface area contributed by atoms with E-state index in [4.69, 9.17) is 21.7 Å². The predicted molar refractivity (Wildman–Crippen MR) is 105 cm³/mol. The molecule has 9 heteroatoms. The van der Waals surface area contributed by atoms with E-state index in [-0.39, 0.29) is 10.8 Å². The monoisotopic (exact) mass is 389 g/mol. The fraction of sp³-hybridized carbons (Fsp3) is 0.222. The molecular formula is C18H19N3O5S. The van der Waals surface area contributed by atoms with E-state index in [1.165, 1.54) is 12.1 Å². The van der Waals surface area contributed by atoms with Crippen LogP contribution in [0, 0.1) is 17.0 Å². The van der Waals surface area contributed by atoms with Crippen molar-refractivity contribution in [1.29, 1.82) is 0 Å². The number of non-ortho nitro benzene ring substituents is 1. The maximum Gasteiger partial charge on any atom is 0.271 e. The molecule has 0 unspecified atom stereocenters. The number of benzene rings is 2. The number of ether oxygens (including phenoxy) is 2. The molecule has 0 aliphatic rings. The van der Waals surface area contributed by atoms with Crippen LogP contribution in [-0.2, 0) is 4.74 Å². The summed E-state index contributed by atoms with van der Waals surface area (Å²) in [4.78, 5) is 22.7. The number of anilines is 1. The first kappa shape index (κ1) is 20.3. The van der Waals surface area contributed by atoms with Gasteiger partial charge in [-0.05, 0) is 49.0 Å². The second-order valence-electron chi connectivity index (χ2n) is 5.53. The first-order valence-corrected chi connectivity index (χ1v) is 8.40. The van der Waals surface area contributed by atoms with Crippen molar-refractivity contribution in [1.82, 2.24) is 5.32 Å². The molecule has 0 heterocycles. The molecule has 27 heavy (non-hydrogen) atoms. The predicted octanol–water partition coefficient (Wildman–Crippen LogP) is 3.06. The van der Waals surface area contributed by atoms with Crippen molar-refractivity contribution in [3.63, 3.8) is 0 Å². The minimum absolute atomic E-state index is 0.0454. The van der Waals surface area contributed by atoms with Crippen molar-refractivity contribution in [3.05, 3.63) is 63.7 Å². The number of thiocarbonyl (C=S) groups is 1. The molecule has 0 bridgehead atoms. The minimum atomic E-state index is -0.498. The molecule has 2 aromatic carbocycles. The van der Waals surface area contributed by atoms with Crippen LogP contribution in [0.2, 0.25) is 0 Å². The van der Waals surface area contributed by atoms with Gasteiger partial charge < -0.3 is 14.8 Å². The van der Waals surface area contributed by atoms with Crippen molar-refractivity contribution in [3.8, 4) is 5.75 Å². The topological polar surface area (TPSA) is 103 Å². The molecule has 8 nitrogen and oxygen atoms in total. The zero-order valence-corrected chi connectivity index (χ0v) is 15.7. The van der Waals surface area contributed by atoms with E-state index in [0.29, 0.717) is 30.2 Å². The smallest absolute Gasteiger partial charge is 0.271 e. The highest BCUT2D eigenvalue weighted by atomic mass is 32.1. The van der Waals surface area contributed by atoms with E-state index in [1.807, 2.05) is 0 Å². The Kier molecular flexibility index (Phi) is 7.21. The van der Waals surface area contributed by atoms with Gasteiger partial charge in [0.25, 0.3) is 11.6 Å². The summed E-state index contributed by atoms with van der Waals surface area (Å²) >= 11 is 5.13. The molecule has 0 fully saturated rings. The second kappa shape index (κ2) is 9.60. The third-order valence-electron chi connectivity index (χ3n) is 3.58. The standard InChI is InChI=1S/C18H19N3O5S/c1-12-3-6-14(21(23)24)11-16(12)19-18(27)20-17(22)13-4-7-15(8-5-13)26-10-9-25-2/h3-8,11H,9-10H2,1-2H3,(H2,19,20,22,27). The van der Waals surface area contributed by atoms with E-state index in [1.54, 1.807) is 44.4 Å². The highest BCUT2D eigenvalue weighted by Gasteiger charge is 2.12. The maximum atomic E-state index is 12.3. The molecule has 0 atom stereocenters. The molecule has 0 saturated heterocycles. The third kappa shape index (κ3) is 6.01. The van der Waals surface area contributed by atoms with Crippen molar-refractivity contribution in [2.24, 2.45) is 0 Å². The summed E-state index contributed by atoms with van der Waals surface area (Å²) in [6, 6.07) is 10.9. The average Bonchev–Trinajstić information content (AvgIpc) is 2.64. The van der Waals surface area contributed by atoms with Crippen LogP contribution in [0.15, 0.2) is 42.5 Å². The van der Waals surface area contributed by atoms with Gasteiger partial charge in [0.05, 0.1) is 11.5 Å². The lowest BCUT2D eigenvalue weighted by molar-refractivity contribution is -0.384. The number of nitrogens with one attached hydrogen (secondary N) is 2. The molecule has 0 saturated carbocycles. The van der Waals surface area contributed by atoms with E-state index in [0.717, 1.165) is 5.56 Å². The Morgan fingerprint density at radius 2 is 1.89 bits per heavy atom. The summed E-state index contributed by atoms with van der Waals surface area (Å²) in [7, 11) is 1.59. The van der Waals surface area contributed by atoms with Crippen LogP contribution >= 0.6 is 12.2 Å². The van der Waals surface area contributed by atoms with Gasteiger partial charge in [0.15, 0.2) is 5.11 Å². The SMILES string of the molecule is COCCOc1ccc(C(=O)NC(=S)Nc2cc([N+](=O)[O-])ccc2C)cc1. The van der Waals surface area contributed by atoms with Crippen molar-refractivity contribution < 1.29 is 19.2 Å². The van der Waals surface area contributed by atoms with Gasteiger partial charge in [0.2, 0.25) is 0 Å². The first-order valence-electron chi connectivity index (χ1n) is 8.00. The normalized spacial score (nSPS) is 10.1. The van der Waals surface area contributed by atoms with Crippen LogP contribution in [0.3, 0.4) is 0 Å². The lowest BCUT2D eigenvalue weighted by atomic mass is 10.2. The zero-order valence-electron chi connectivity index (χ0n) is 14.9. The minimum Gasteiger partial charge on any atom is -0.491 e. The molecule has 0 aromatic heterocycles. The van der Waals surface area contributed by atoms with Crippen LogP contribution in [0.1, 0.15) is 15.9 Å². The number of hydrogen-bond acceptors (Lipinski definition) is 6. The van der Waals surface area contributed by atoms with Crippen LogP contribution in [0.4, 0.5) is 11.4 Å². The van der Waals surface area contributed by atoms with Crippen LogP contribution in [0.25, 0.3) is 0 Å². The van der Waals surface area contributed by atoms with Gasteiger partial charge in [-0.15, -0.1) is 0 Å². The highest BCUT2D eigenvalue weighted by molar-refractivity contribution is 7.80. The number of hydrogen-bond donors (Lipinski definition) is 2. The van der Waals surface area contributed by atoms with Gasteiger partial charge in [0.1, 0.15) is 12.4 Å². The average molecular weight is 389 g/mol. The molecule has 0 spiro atoms. The van der Waals surface area contributed by atoms with Crippen LogP contribution in [-0.4, -0.2) is 36.3 Å². The van der Waals surface area contributed by atoms with Crippen LogP contribution < -0.4 is 15.4 Å². The summed E-state index contributed by atoms with van der Waals surface area (Å²) in [6.45, 7) is 2.66. The Labute approximate surface area is 161 Å². The van der Waals surface area contributed by atoms with E-state index in [9.17, 15) is 14.9 Å². The Morgan fingerprint density at radius 3 is 2.52 bits per heavy atom. The van der Waals surface area contributed by atoms with Gasteiger partial charge in [-0.3, -0.25) is 20.2 Å². The Hall–Kier alpha value is -3.04. The van der Waals surface area contributed by atoms with Crippen molar-refractivity contribution in [2.75, 3.05) is 25.6 Å². The molecule has 142 valence electrons. The van der Waals surface area contributed by atoms with E-state index >= 15 is 0 Å². The fourth-order valence-corrected chi connectivity index (χ4v) is 2.34. The Balaban J connectivity index is 1.96. The number of nitro groups is 1. The summed E-state index contributed by atoms with van der Waals surface area (Å²) in [5.74, 6) is 0.218. The number of rotatable bonds is 7. The lowest BCUT2D eigenvalue weighted by Crippen LogP contribution is -2.34.